The monoisotopic (exact) mass is 257 g/mol. The van der Waals surface area contributed by atoms with Gasteiger partial charge in [-0.05, 0) is 29.9 Å². The molecule has 0 saturated heterocycles. The highest BCUT2D eigenvalue weighted by atomic mass is 32.2. The zero-order valence-corrected chi connectivity index (χ0v) is 10.1. The average molecular weight is 257 g/mol. The van der Waals surface area contributed by atoms with Crippen molar-refractivity contribution < 1.29 is 19.4 Å². The van der Waals surface area contributed by atoms with Gasteiger partial charge in [-0.3, -0.25) is 0 Å². The quantitative estimate of drug-likeness (QED) is 0.739. The van der Waals surface area contributed by atoms with Gasteiger partial charge in [-0.25, -0.2) is 4.39 Å². The summed E-state index contributed by atoms with van der Waals surface area (Å²) in [6.07, 6.45) is -0.752. The van der Waals surface area contributed by atoms with E-state index in [-0.39, 0.29) is 12.2 Å². The predicted molar refractivity (Wildman–Crippen MR) is 62.8 cm³/mol. The van der Waals surface area contributed by atoms with Gasteiger partial charge in [0.25, 0.3) is 0 Å². The molecule has 1 aromatic rings. The number of carbonyl (C=O) groups excluding carboxylic acids is 1. The van der Waals surface area contributed by atoms with Gasteiger partial charge in [0, 0.05) is 18.1 Å². The number of halogens is 1. The number of aliphatic hydroxyl groups excluding tert-OH is 1. The molecule has 17 heavy (non-hydrogen) atoms. The normalized spacial score (nSPS) is 12.4. The number of aliphatic hydroxyl groups is 1. The smallest absolute Gasteiger partial charge is 0.123 e. The van der Waals surface area contributed by atoms with Crippen molar-refractivity contribution in [3.63, 3.8) is 0 Å². The van der Waals surface area contributed by atoms with Crippen molar-refractivity contribution in [2.75, 3.05) is 5.75 Å². The van der Waals surface area contributed by atoms with Crippen LogP contribution in [-0.2, 0) is 10.5 Å². The fourth-order valence-corrected chi connectivity index (χ4v) is 2.30. The lowest BCUT2D eigenvalue weighted by atomic mass is 10.2. The fraction of sp³-hybridized carbons (Fsp3) is 0.417. The maximum absolute atomic E-state index is 12.6. The molecule has 0 aliphatic carbocycles. The van der Waals surface area contributed by atoms with Crippen LogP contribution < -0.4 is 5.11 Å². The molecule has 0 radical (unpaired) electrons. The van der Waals surface area contributed by atoms with Crippen molar-refractivity contribution in [1.82, 2.24) is 0 Å². The molecule has 0 aliphatic heterocycles. The minimum absolute atomic E-state index is 0.261. The van der Waals surface area contributed by atoms with Gasteiger partial charge >= 0.3 is 0 Å². The third-order valence-electron chi connectivity index (χ3n) is 2.18. The van der Waals surface area contributed by atoms with E-state index in [9.17, 15) is 19.4 Å². The van der Waals surface area contributed by atoms with E-state index in [0.717, 1.165) is 11.3 Å². The Morgan fingerprint density at radius 1 is 1.41 bits per heavy atom. The van der Waals surface area contributed by atoms with E-state index >= 15 is 0 Å². The van der Waals surface area contributed by atoms with Crippen molar-refractivity contribution >= 4 is 17.7 Å². The Morgan fingerprint density at radius 3 is 2.65 bits per heavy atom. The molecule has 0 saturated carbocycles. The lowest BCUT2D eigenvalue weighted by molar-refractivity contribution is -0.307. The first kappa shape index (κ1) is 14.0. The highest BCUT2D eigenvalue weighted by molar-refractivity contribution is 7.98. The third-order valence-corrected chi connectivity index (χ3v) is 3.24. The Morgan fingerprint density at radius 2 is 2.06 bits per heavy atom. The molecule has 0 bridgehead atoms. The lowest BCUT2D eigenvalue weighted by Crippen LogP contribution is -2.27. The molecule has 0 spiro atoms. The summed E-state index contributed by atoms with van der Waals surface area (Å²) < 4.78 is 12.6. The van der Waals surface area contributed by atoms with Crippen LogP contribution in [-0.4, -0.2) is 22.9 Å². The molecular weight excluding hydrogens is 243 g/mol. The Bertz CT molecular complexity index is 353. The van der Waals surface area contributed by atoms with Crippen LogP contribution in [0.25, 0.3) is 0 Å². The Kier molecular flexibility index (Phi) is 6.00. The number of rotatable bonds is 7. The standard InChI is InChI=1S/C12H15FO3S/c13-10-3-1-9(2-4-10)8-17-6-5-11(14)7-12(15)16/h1-4,11,14H,5-8H2,(H,15,16)/p-1. The average Bonchev–Trinajstić information content (AvgIpc) is 2.26. The number of thioether (sulfide) groups is 1. The van der Waals surface area contributed by atoms with Crippen molar-refractivity contribution in [3.05, 3.63) is 35.6 Å². The number of carbonyl (C=O) groups is 1. The van der Waals surface area contributed by atoms with Crippen LogP contribution in [0.4, 0.5) is 4.39 Å². The van der Waals surface area contributed by atoms with Crippen molar-refractivity contribution in [1.29, 1.82) is 0 Å². The first-order valence-corrected chi connectivity index (χ1v) is 6.43. The highest BCUT2D eigenvalue weighted by Gasteiger charge is 2.04. The lowest BCUT2D eigenvalue weighted by Gasteiger charge is -2.10. The summed E-state index contributed by atoms with van der Waals surface area (Å²) in [5, 5.41) is 19.5. The van der Waals surface area contributed by atoms with E-state index in [2.05, 4.69) is 0 Å². The second-order valence-corrected chi connectivity index (χ2v) is 4.80. The van der Waals surface area contributed by atoms with Gasteiger partial charge in [0.15, 0.2) is 0 Å². The number of hydrogen-bond donors (Lipinski definition) is 1. The van der Waals surface area contributed by atoms with Crippen LogP contribution in [0.2, 0.25) is 0 Å². The van der Waals surface area contributed by atoms with Gasteiger partial charge < -0.3 is 15.0 Å². The van der Waals surface area contributed by atoms with Gasteiger partial charge in [0.05, 0.1) is 6.10 Å². The number of benzene rings is 1. The summed E-state index contributed by atoms with van der Waals surface area (Å²) in [5.74, 6) is -0.117. The van der Waals surface area contributed by atoms with Gasteiger partial charge in [0.1, 0.15) is 5.82 Å². The van der Waals surface area contributed by atoms with Crippen molar-refractivity contribution in [3.8, 4) is 0 Å². The van der Waals surface area contributed by atoms with Gasteiger partial charge in [-0.2, -0.15) is 11.8 Å². The molecular formula is C12H14FO3S-. The van der Waals surface area contributed by atoms with Crippen molar-refractivity contribution in [2.24, 2.45) is 0 Å². The Balaban J connectivity index is 2.15. The molecule has 1 unspecified atom stereocenters. The molecule has 0 fully saturated rings. The molecule has 94 valence electrons. The topological polar surface area (TPSA) is 60.4 Å². The molecule has 1 rings (SSSR count). The summed E-state index contributed by atoms with van der Waals surface area (Å²) >= 11 is 1.57. The third kappa shape index (κ3) is 6.28. The summed E-state index contributed by atoms with van der Waals surface area (Å²) in [6.45, 7) is 0. The number of carboxylic acids is 1. The van der Waals surface area contributed by atoms with Crippen LogP contribution in [0.15, 0.2) is 24.3 Å². The Labute approximate surface area is 104 Å². The van der Waals surface area contributed by atoms with Crippen LogP contribution in [0.1, 0.15) is 18.4 Å². The van der Waals surface area contributed by atoms with Gasteiger partial charge in [0.2, 0.25) is 0 Å². The summed E-state index contributed by atoms with van der Waals surface area (Å²) in [5.41, 5.74) is 1.01. The molecule has 5 heteroatoms. The van der Waals surface area contributed by atoms with Crippen LogP contribution in [0.5, 0.6) is 0 Å². The van der Waals surface area contributed by atoms with Crippen LogP contribution >= 0.6 is 11.8 Å². The minimum atomic E-state index is -1.24. The molecule has 1 aromatic carbocycles. The fourth-order valence-electron chi connectivity index (χ4n) is 1.28. The van der Waals surface area contributed by atoms with E-state index in [1.807, 2.05) is 0 Å². The number of aliphatic carboxylic acids is 1. The molecule has 0 amide bonds. The Hall–Kier alpha value is -1.07. The van der Waals surface area contributed by atoms with E-state index in [4.69, 9.17) is 0 Å². The second-order valence-electron chi connectivity index (χ2n) is 3.70. The second kappa shape index (κ2) is 7.29. The van der Waals surface area contributed by atoms with Crippen LogP contribution in [0, 0.1) is 5.82 Å². The zero-order valence-electron chi connectivity index (χ0n) is 9.27. The zero-order chi connectivity index (χ0) is 12.7. The summed E-state index contributed by atoms with van der Waals surface area (Å²) in [6, 6.07) is 6.22. The maximum atomic E-state index is 12.6. The van der Waals surface area contributed by atoms with E-state index in [0.29, 0.717) is 12.2 Å². The molecule has 0 aromatic heterocycles. The molecule has 1 atom stereocenters. The number of carboxylic acid groups (broad SMARTS) is 1. The number of hydrogen-bond acceptors (Lipinski definition) is 4. The SMILES string of the molecule is O=C([O-])CC(O)CCSCc1ccc(F)cc1. The molecule has 1 N–H and O–H groups in total. The van der Waals surface area contributed by atoms with E-state index < -0.39 is 12.1 Å². The first-order chi connectivity index (χ1) is 8.08. The summed E-state index contributed by atoms with van der Waals surface area (Å²) in [7, 11) is 0. The first-order valence-electron chi connectivity index (χ1n) is 5.28. The minimum Gasteiger partial charge on any atom is -0.550 e. The molecule has 3 nitrogen and oxygen atoms in total. The van der Waals surface area contributed by atoms with Gasteiger partial charge in [-0.1, -0.05) is 12.1 Å². The van der Waals surface area contributed by atoms with Gasteiger partial charge in [-0.15, -0.1) is 0 Å². The summed E-state index contributed by atoms with van der Waals surface area (Å²) in [4.78, 5) is 10.2. The van der Waals surface area contributed by atoms with E-state index in [1.165, 1.54) is 12.1 Å². The van der Waals surface area contributed by atoms with Crippen LogP contribution in [0.3, 0.4) is 0 Å². The molecule has 0 heterocycles. The largest absolute Gasteiger partial charge is 0.550 e. The predicted octanol–water partition coefficient (Wildman–Crippen LogP) is 0.950. The highest BCUT2D eigenvalue weighted by Crippen LogP contribution is 2.14. The molecule has 0 aliphatic rings. The van der Waals surface area contributed by atoms with E-state index in [1.54, 1.807) is 23.9 Å². The maximum Gasteiger partial charge on any atom is 0.123 e. The van der Waals surface area contributed by atoms with Crippen molar-refractivity contribution in [2.45, 2.75) is 24.7 Å².